The molecule has 162 valence electrons. The van der Waals surface area contributed by atoms with Crippen molar-refractivity contribution in [2.75, 3.05) is 13.2 Å². The highest BCUT2D eigenvalue weighted by Gasteiger charge is 2.23. The highest BCUT2D eigenvalue weighted by Crippen LogP contribution is 2.28. The fourth-order valence-corrected chi connectivity index (χ4v) is 3.86. The van der Waals surface area contributed by atoms with Gasteiger partial charge in [-0.15, -0.1) is 0 Å². The summed E-state index contributed by atoms with van der Waals surface area (Å²) in [6.45, 7) is 0.181. The monoisotopic (exact) mass is 449 g/mol. The molecule has 1 aliphatic rings. The van der Waals surface area contributed by atoms with E-state index < -0.39 is 6.04 Å². The lowest BCUT2D eigenvalue weighted by Gasteiger charge is -2.18. The number of hydrogen-bond acceptors (Lipinski definition) is 4. The van der Waals surface area contributed by atoms with Gasteiger partial charge in [0.05, 0.1) is 35.5 Å². The van der Waals surface area contributed by atoms with Gasteiger partial charge in [-0.3, -0.25) is 14.8 Å². The minimum Gasteiger partial charge on any atom is -0.394 e. The first kappa shape index (κ1) is 21.9. The normalized spacial score (nSPS) is 14.0. The van der Waals surface area contributed by atoms with Crippen molar-refractivity contribution in [3.05, 3.63) is 106 Å². The Morgan fingerprint density at radius 2 is 1.94 bits per heavy atom. The fraction of sp³-hybridized carbons (Fsp3) is 0.160. The Morgan fingerprint density at radius 1 is 1.12 bits per heavy atom. The quantitative estimate of drug-likeness (QED) is 0.570. The van der Waals surface area contributed by atoms with Gasteiger partial charge in [-0.2, -0.15) is 0 Å². The van der Waals surface area contributed by atoms with Crippen molar-refractivity contribution in [3.8, 4) is 0 Å². The molecule has 0 fully saturated rings. The topological polar surface area (TPSA) is 74.6 Å². The van der Waals surface area contributed by atoms with Gasteiger partial charge in [0, 0.05) is 23.9 Å². The molecule has 4 rings (SSSR count). The second-order valence-corrected chi connectivity index (χ2v) is 7.83. The first-order valence-corrected chi connectivity index (χ1v) is 10.5. The highest BCUT2D eigenvalue weighted by molar-refractivity contribution is 6.37. The Hall–Kier alpha value is -3.35. The molecule has 0 spiro atoms. The molecule has 1 aromatic heterocycles. The first-order chi connectivity index (χ1) is 15.5. The molecule has 0 bridgehead atoms. The number of hydrogen-bond donors (Lipinski definition) is 2. The smallest absolute Gasteiger partial charge is 0.252 e. The zero-order chi connectivity index (χ0) is 22.5. The third-order valence-corrected chi connectivity index (χ3v) is 5.51. The van der Waals surface area contributed by atoms with Crippen molar-refractivity contribution >= 4 is 28.8 Å². The number of rotatable bonds is 7. The van der Waals surface area contributed by atoms with Crippen LogP contribution in [0.4, 0.5) is 4.39 Å². The summed E-state index contributed by atoms with van der Waals surface area (Å²) in [5.74, 6) is -0.661. The van der Waals surface area contributed by atoms with Crippen LogP contribution in [0.1, 0.15) is 27.2 Å². The summed E-state index contributed by atoms with van der Waals surface area (Å²) in [7, 11) is 0. The predicted octanol–water partition coefficient (Wildman–Crippen LogP) is 4.09. The lowest BCUT2D eigenvalue weighted by Crippen LogP contribution is -2.39. The number of aliphatic hydroxyl groups is 1. The summed E-state index contributed by atoms with van der Waals surface area (Å²) in [6, 6.07) is 16.3. The molecule has 1 amide bonds. The van der Waals surface area contributed by atoms with Crippen LogP contribution in [-0.4, -0.2) is 40.9 Å². The van der Waals surface area contributed by atoms with Crippen LogP contribution in [0.5, 0.6) is 0 Å². The number of carbonyl (C=O) groups excluding carboxylic acids is 1. The van der Waals surface area contributed by atoms with Gasteiger partial charge < -0.3 is 10.4 Å². The lowest BCUT2D eigenvalue weighted by molar-refractivity contribution is 0.0916. The molecule has 1 atom stereocenters. The van der Waals surface area contributed by atoms with Gasteiger partial charge in [0.2, 0.25) is 0 Å². The van der Waals surface area contributed by atoms with E-state index in [0.29, 0.717) is 34.8 Å². The molecular formula is C25H21ClFN3O2. The van der Waals surface area contributed by atoms with Crippen LogP contribution in [0, 0.1) is 5.82 Å². The zero-order valence-electron chi connectivity index (χ0n) is 17.1. The van der Waals surface area contributed by atoms with E-state index in [9.17, 15) is 14.3 Å². The van der Waals surface area contributed by atoms with Crippen molar-refractivity contribution in [1.29, 1.82) is 0 Å². The second kappa shape index (κ2) is 9.85. The van der Waals surface area contributed by atoms with Crippen LogP contribution >= 0.6 is 11.6 Å². The first-order valence-electron chi connectivity index (χ1n) is 10.2. The van der Waals surface area contributed by atoms with Crippen molar-refractivity contribution in [2.45, 2.75) is 12.5 Å². The zero-order valence-corrected chi connectivity index (χ0v) is 17.9. The summed E-state index contributed by atoms with van der Waals surface area (Å²) in [4.78, 5) is 21.9. The number of pyridine rings is 1. The average Bonchev–Trinajstić information content (AvgIpc) is 3.29. The number of carbonyl (C=O) groups is 1. The summed E-state index contributed by atoms with van der Waals surface area (Å²) in [5.41, 5.74) is 4.02. The third kappa shape index (κ3) is 4.93. The van der Waals surface area contributed by atoms with Crippen molar-refractivity contribution < 1.29 is 14.3 Å². The Kier molecular flexibility index (Phi) is 6.73. The lowest BCUT2D eigenvalue weighted by atomic mass is 9.99. The molecule has 5 nitrogen and oxygen atoms in total. The van der Waals surface area contributed by atoms with Gasteiger partial charge in [0.25, 0.3) is 5.91 Å². The third-order valence-electron chi connectivity index (χ3n) is 5.20. The van der Waals surface area contributed by atoms with E-state index in [1.54, 1.807) is 36.5 Å². The average molecular weight is 450 g/mol. The fourth-order valence-electron chi connectivity index (χ4n) is 3.59. The Labute approximate surface area is 190 Å². The minimum absolute atomic E-state index is 0.228. The molecule has 1 aliphatic heterocycles. The van der Waals surface area contributed by atoms with E-state index in [2.05, 4.69) is 15.3 Å². The molecule has 0 radical (unpaired) electrons. The second-order valence-electron chi connectivity index (χ2n) is 7.42. The summed E-state index contributed by atoms with van der Waals surface area (Å²) in [5, 5.41) is 13.0. The minimum atomic E-state index is -0.500. The Morgan fingerprint density at radius 3 is 2.66 bits per heavy atom. The van der Waals surface area contributed by atoms with Gasteiger partial charge in [-0.05, 0) is 53.6 Å². The molecule has 3 aromatic rings. The van der Waals surface area contributed by atoms with E-state index in [-0.39, 0.29) is 18.3 Å². The van der Waals surface area contributed by atoms with E-state index in [1.807, 2.05) is 24.3 Å². The molecule has 2 heterocycles. The predicted molar refractivity (Wildman–Crippen MR) is 124 cm³/mol. The number of aliphatic hydroxyl groups excluding tert-OH is 1. The van der Waals surface area contributed by atoms with E-state index >= 15 is 0 Å². The Bertz CT molecular complexity index is 1180. The number of halogens is 2. The van der Waals surface area contributed by atoms with Crippen LogP contribution in [0.2, 0.25) is 5.02 Å². The van der Waals surface area contributed by atoms with Crippen molar-refractivity contribution in [1.82, 2.24) is 10.3 Å². The van der Waals surface area contributed by atoms with Crippen LogP contribution in [-0.2, 0) is 6.42 Å². The molecule has 0 saturated carbocycles. The molecular weight excluding hydrogens is 429 g/mol. The van der Waals surface area contributed by atoms with Gasteiger partial charge in [0.1, 0.15) is 5.82 Å². The molecule has 2 N–H and O–H groups in total. The van der Waals surface area contributed by atoms with Gasteiger partial charge in [-0.25, -0.2) is 4.39 Å². The number of nitrogens with one attached hydrogen (secondary N) is 1. The number of aromatic nitrogens is 1. The summed E-state index contributed by atoms with van der Waals surface area (Å²) >= 11 is 6.47. The summed E-state index contributed by atoms with van der Waals surface area (Å²) < 4.78 is 13.2. The number of allylic oxidation sites excluding steroid dienone is 1. The number of amides is 1. The van der Waals surface area contributed by atoms with Crippen LogP contribution in [0.25, 0.3) is 5.57 Å². The van der Waals surface area contributed by atoms with E-state index in [4.69, 9.17) is 11.6 Å². The summed E-state index contributed by atoms with van der Waals surface area (Å²) in [6.07, 6.45) is 3.93. The maximum absolute atomic E-state index is 13.2. The highest BCUT2D eigenvalue weighted by atomic mass is 35.5. The largest absolute Gasteiger partial charge is 0.394 e. The van der Waals surface area contributed by atoms with E-state index in [1.165, 1.54) is 12.1 Å². The molecule has 0 unspecified atom stereocenters. The number of benzene rings is 2. The van der Waals surface area contributed by atoms with Crippen molar-refractivity contribution in [3.63, 3.8) is 0 Å². The number of aliphatic imine (C=N–C) groups is 1. The van der Waals surface area contributed by atoms with Crippen LogP contribution < -0.4 is 5.32 Å². The van der Waals surface area contributed by atoms with Crippen LogP contribution in [0.15, 0.2) is 77.9 Å². The van der Waals surface area contributed by atoms with Crippen molar-refractivity contribution in [2.24, 2.45) is 4.99 Å². The molecule has 7 heteroatoms. The molecule has 0 saturated heterocycles. The molecule has 32 heavy (non-hydrogen) atoms. The molecule has 2 aromatic carbocycles. The van der Waals surface area contributed by atoms with Gasteiger partial charge in [0.15, 0.2) is 0 Å². The van der Waals surface area contributed by atoms with Crippen LogP contribution in [0.3, 0.4) is 0 Å². The number of nitrogens with zero attached hydrogens (tertiary/aromatic N) is 2. The maximum atomic E-state index is 13.2. The standard InChI is InChI=1S/C25H21ClFN3O2/c26-22-6-3-5-21(25(32)30-20(15-31)13-19-4-1-2-11-28-19)24(22)23-12-17(14-29-23)16-7-9-18(27)10-8-16/h1-12,20,31H,13-15H2,(H,30,32)/t20-/m1/s1. The van der Waals surface area contributed by atoms with Gasteiger partial charge in [-0.1, -0.05) is 35.9 Å². The SMILES string of the molecule is O=C(N[C@@H](CO)Cc1ccccn1)c1cccc(Cl)c1C1=NCC(c2ccc(F)cc2)=C1. The molecule has 0 aliphatic carbocycles. The van der Waals surface area contributed by atoms with E-state index in [0.717, 1.165) is 16.8 Å². The maximum Gasteiger partial charge on any atom is 0.252 e. The Balaban J connectivity index is 1.58. The van der Waals surface area contributed by atoms with Gasteiger partial charge >= 0.3 is 0 Å².